The molecule has 3 heterocycles. The number of hydrogen-bond acceptors (Lipinski definition) is 8. The van der Waals surface area contributed by atoms with Gasteiger partial charge in [0.2, 0.25) is 5.91 Å². The highest BCUT2D eigenvalue weighted by Crippen LogP contribution is 2.35. The lowest BCUT2D eigenvalue weighted by Crippen LogP contribution is -2.51. The number of amides is 2. The molecule has 0 saturated carbocycles. The van der Waals surface area contributed by atoms with Gasteiger partial charge in [-0.3, -0.25) is 14.5 Å². The summed E-state index contributed by atoms with van der Waals surface area (Å²) in [4.78, 5) is 30.7. The van der Waals surface area contributed by atoms with E-state index >= 15 is 4.39 Å². The van der Waals surface area contributed by atoms with Crippen LogP contribution in [0.25, 0.3) is 10.9 Å². The van der Waals surface area contributed by atoms with Crippen molar-refractivity contribution in [1.29, 1.82) is 0 Å². The lowest BCUT2D eigenvalue weighted by atomic mass is 10.1. The Morgan fingerprint density at radius 2 is 1.79 bits per heavy atom. The number of piperidine rings is 1. The number of aromatic nitrogens is 3. The first-order valence-electron chi connectivity index (χ1n) is 15.8. The maximum atomic E-state index is 15.4. The Bertz CT molecular complexity index is 1950. The minimum Gasteiger partial charge on any atom is -0.456 e. The van der Waals surface area contributed by atoms with E-state index in [-0.39, 0.29) is 42.3 Å². The summed E-state index contributed by atoms with van der Waals surface area (Å²) in [6, 6.07) is 11.5. The highest BCUT2D eigenvalue weighted by molar-refractivity contribution is 7.92. The Labute approximate surface area is 280 Å². The van der Waals surface area contributed by atoms with Gasteiger partial charge >= 0.3 is 6.09 Å². The zero-order chi connectivity index (χ0) is 35.0. The lowest BCUT2D eigenvalue weighted by Gasteiger charge is -2.35. The van der Waals surface area contributed by atoms with Crippen molar-refractivity contribution in [3.05, 3.63) is 72.2 Å². The van der Waals surface area contributed by atoms with Crippen LogP contribution in [0.3, 0.4) is 0 Å². The number of anilines is 1. The third kappa shape index (κ3) is 7.95. The number of ether oxygens (including phenoxy) is 2. The summed E-state index contributed by atoms with van der Waals surface area (Å²) in [5, 5.41) is 6.31. The van der Waals surface area contributed by atoms with Gasteiger partial charge < -0.3 is 19.7 Å². The Hall–Kier alpha value is -4.52. The van der Waals surface area contributed by atoms with Crippen LogP contribution < -0.4 is 10.1 Å². The molecule has 1 saturated heterocycles. The summed E-state index contributed by atoms with van der Waals surface area (Å²) in [5.41, 5.74) is 1.72. The second-order valence-corrected chi connectivity index (χ2v) is 16.2. The third-order valence-electron chi connectivity index (χ3n) is 7.91. The van der Waals surface area contributed by atoms with Crippen LogP contribution in [0.15, 0.2) is 66.0 Å². The van der Waals surface area contributed by atoms with E-state index in [4.69, 9.17) is 9.47 Å². The topological polar surface area (TPSA) is 133 Å². The van der Waals surface area contributed by atoms with Crippen LogP contribution in [-0.4, -0.2) is 70.2 Å². The van der Waals surface area contributed by atoms with Gasteiger partial charge in [0.05, 0.1) is 40.8 Å². The third-order valence-corrected chi connectivity index (χ3v) is 10.2. The standard InChI is InChI=1S/C35H42FN5O6S/c1-22-16-23(17-32(42)39-24-19-38-41(20-24)34(2,3)4)8-11-29(22)46-30-12-14-37-28-10-9-25(18-26(28)30)48(44,45)31-13-15-40(21-27(31)36)33(43)47-35(5,6)7/h8-12,14,16,18-20,27,31H,13,15,17,21H2,1-7H3,(H,39,42). The molecule has 13 heteroatoms. The molecule has 1 aliphatic rings. The first-order valence-corrected chi connectivity index (χ1v) is 17.3. The van der Waals surface area contributed by atoms with Crippen LogP contribution in [0.5, 0.6) is 11.5 Å². The molecule has 2 atom stereocenters. The van der Waals surface area contributed by atoms with Gasteiger partial charge in [-0.25, -0.2) is 17.6 Å². The lowest BCUT2D eigenvalue weighted by molar-refractivity contribution is -0.115. The van der Waals surface area contributed by atoms with Gasteiger partial charge in [-0.15, -0.1) is 0 Å². The molecule has 0 radical (unpaired) electrons. The molecule has 2 amide bonds. The molecule has 2 unspecified atom stereocenters. The first kappa shape index (κ1) is 34.8. The van der Waals surface area contributed by atoms with Crippen molar-refractivity contribution in [3.8, 4) is 11.5 Å². The van der Waals surface area contributed by atoms with Gasteiger partial charge in [0.1, 0.15) is 28.5 Å². The van der Waals surface area contributed by atoms with E-state index in [1.807, 2.05) is 33.8 Å². The zero-order valence-electron chi connectivity index (χ0n) is 28.3. The maximum absolute atomic E-state index is 15.4. The smallest absolute Gasteiger partial charge is 0.410 e. The number of aryl methyl sites for hydroxylation is 1. The number of halogens is 1. The van der Waals surface area contributed by atoms with E-state index in [0.29, 0.717) is 28.1 Å². The second kappa shape index (κ2) is 13.2. The summed E-state index contributed by atoms with van der Waals surface area (Å²) in [6.07, 6.45) is 2.59. The predicted molar refractivity (Wildman–Crippen MR) is 181 cm³/mol. The van der Waals surface area contributed by atoms with Crippen LogP contribution in [-0.2, 0) is 31.3 Å². The molecule has 0 aliphatic carbocycles. The van der Waals surface area contributed by atoms with E-state index in [0.717, 1.165) is 11.1 Å². The van der Waals surface area contributed by atoms with Gasteiger partial charge in [-0.2, -0.15) is 5.10 Å². The molecule has 1 aliphatic heterocycles. The number of rotatable bonds is 7. The molecular weight excluding hydrogens is 637 g/mol. The minimum atomic E-state index is -4.11. The van der Waals surface area contributed by atoms with Gasteiger partial charge in [0, 0.05) is 24.3 Å². The molecule has 11 nitrogen and oxygen atoms in total. The Balaban J connectivity index is 1.30. The van der Waals surface area contributed by atoms with Crippen LogP contribution >= 0.6 is 0 Å². The van der Waals surface area contributed by atoms with Gasteiger partial charge in [0.15, 0.2) is 9.84 Å². The number of nitrogens with zero attached hydrogens (tertiary/aromatic N) is 4. The van der Waals surface area contributed by atoms with Crippen molar-refractivity contribution in [1.82, 2.24) is 19.7 Å². The van der Waals surface area contributed by atoms with Crippen molar-refractivity contribution in [2.24, 2.45) is 0 Å². The highest BCUT2D eigenvalue weighted by atomic mass is 32.2. The summed E-state index contributed by atoms with van der Waals surface area (Å²) in [6.45, 7) is 12.7. The largest absolute Gasteiger partial charge is 0.456 e. The fraction of sp³-hybridized carbons (Fsp3) is 0.429. The monoisotopic (exact) mass is 679 g/mol. The number of carbonyl (C=O) groups is 2. The normalized spacial score (nSPS) is 17.3. The van der Waals surface area contributed by atoms with E-state index in [1.165, 1.54) is 17.0 Å². The van der Waals surface area contributed by atoms with Crippen LogP contribution in [0.1, 0.15) is 59.1 Å². The zero-order valence-corrected chi connectivity index (χ0v) is 29.1. The summed E-state index contributed by atoms with van der Waals surface area (Å²) >= 11 is 0. The number of carbonyl (C=O) groups excluding carboxylic acids is 2. The fourth-order valence-corrected chi connectivity index (χ4v) is 7.25. The Kier molecular flexibility index (Phi) is 9.55. The maximum Gasteiger partial charge on any atom is 0.410 e. The Morgan fingerprint density at radius 1 is 1.04 bits per heavy atom. The van der Waals surface area contributed by atoms with Crippen molar-refractivity contribution in [2.75, 3.05) is 18.4 Å². The molecule has 5 rings (SSSR count). The average molecular weight is 680 g/mol. The molecule has 0 bridgehead atoms. The van der Waals surface area contributed by atoms with E-state index < -0.39 is 33.0 Å². The van der Waals surface area contributed by atoms with E-state index in [1.54, 1.807) is 68.3 Å². The quantitative estimate of drug-likeness (QED) is 0.231. The number of sulfone groups is 1. The van der Waals surface area contributed by atoms with Gasteiger partial charge in [-0.05, 0) is 96.3 Å². The van der Waals surface area contributed by atoms with E-state index in [9.17, 15) is 18.0 Å². The summed E-state index contributed by atoms with van der Waals surface area (Å²) < 4.78 is 56.1. The highest BCUT2D eigenvalue weighted by Gasteiger charge is 2.41. The Morgan fingerprint density at radius 3 is 2.44 bits per heavy atom. The van der Waals surface area contributed by atoms with Crippen LogP contribution in [0.2, 0.25) is 0 Å². The summed E-state index contributed by atoms with van der Waals surface area (Å²) in [7, 11) is -4.11. The number of alkyl halides is 1. The molecule has 1 fully saturated rings. The van der Waals surface area contributed by atoms with Crippen LogP contribution in [0, 0.1) is 6.92 Å². The van der Waals surface area contributed by atoms with Crippen molar-refractivity contribution >= 4 is 38.4 Å². The van der Waals surface area contributed by atoms with E-state index in [2.05, 4.69) is 15.4 Å². The number of benzene rings is 2. The minimum absolute atomic E-state index is 0.0571. The van der Waals surface area contributed by atoms with Crippen molar-refractivity contribution in [3.63, 3.8) is 0 Å². The molecule has 0 spiro atoms. The molecular formula is C35H42FN5O6S. The van der Waals surface area contributed by atoms with Crippen molar-refractivity contribution < 1.29 is 31.9 Å². The molecule has 2 aromatic carbocycles. The second-order valence-electron chi connectivity index (χ2n) is 14.1. The molecule has 256 valence electrons. The summed E-state index contributed by atoms with van der Waals surface area (Å²) in [5.74, 6) is 0.708. The van der Waals surface area contributed by atoms with Gasteiger partial charge in [0.25, 0.3) is 0 Å². The van der Waals surface area contributed by atoms with Crippen LogP contribution in [0.4, 0.5) is 14.9 Å². The van der Waals surface area contributed by atoms with Crippen molar-refractivity contribution in [2.45, 2.75) is 88.8 Å². The predicted octanol–water partition coefficient (Wildman–Crippen LogP) is 6.59. The molecule has 4 aromatic rings. The van der Waals surface area contributed by atoms with Gasteiger partial charge in [-0.1, -0.05) is 12.1 Å². The number of fused-ring (bicyclic) bond motifs is 1. The molecule has 2 aromatic heterocycles. The fourth-order valence-electron chi connectivity index (χ4n) is 5.47. The first-order chi connectivity index (χ1) is 22.4. The number of hydrogen-bond donors (Lipinski definition) is 1. The average Bonchev–Trinajstić information content (AvgIpc) is 3.46. The number of nitrogens with one attached hydrogen (secondary N) is 1. The number of likely N-dealkylation sites (tertiary alicyclic amines) is 1. The number of pyridine rings is 1. The SMILES string of the molecule is Cc1cc(CC(=O)Nc2cnn(C(C)(C)C)c2)ccc1Oc1ccnc2ccc(S(=O)(=O)C3CCN(C(=O)OC(C)(C)C)CC3F)cc12. The molecule has 1 N–H and O–H groups in total. The molecule has 48 heavy (non-hydrogen) atoms.